The maximum absolute atomic E-state index is 11.9. The van der Waals surface area contributed by atoms with Crippen molar-refractivity contribution in [3.63, 3.8) is 0 Å². The number of pyridine rings is 1. The maximum Gasteiger partial charge on any atom is 0.253 e. The standard InChI is InChI=1S/C13H18N2O3/c1-9-11(5-4-6-14-9)12(16)15-7-10-8-17-13(2,3)18-10/h4-6,10H,7-8H2,1-3H3,(H,15,16). The number of ether oxygens (including phenoxy) is 2. The largest absolute Gasteiger partial charge is 0.349 e. The van der Waals surface area contributed by atoms with Crippen LogP contribution in [0, 0.1) is 6.92 Å². The van der Waals surface area contributed by atoms with Crippen LogP contribution in [0.4, 0.5) is 0 Å². The van der Waals surface area contributed by atoms with Crippen LogP contribution in [0.25, 0.3) is 0 Å². The molecule has 1 amide bonds. The minimum Gasteiger partial charge on any atom is -0.349 e. The van der Waals surface area contributed by atoms with Crippen molar-refractivity contribution in [2.45, 2.75) is 32.7 Å². The average molecular weight is 250 g/mol. The molecule has 0 aliphatic carbocycles. The number of amides is 1. The number of carbonyl (C=O) groups excluding carboxylic acids is 1. The van der Waals surface area contributed by atoms with Crippen molar-refractivity contribution in [1.82, 2.24) is 10.3 Å². The highest BCUT2D eigenvalue weighted by molar-refractivity contribution is 5.95. The molecule has 5 heteroatoms. The normalized spacial score (nSPS) is 21.8. The Labute approximate surface area is 107 Å². The van der Waals surface area contributed by atoms with Crippen LogP contribution in [0.5, 0.6) is 0 Å². The molecule has 1 saturated heterocycles. The molecule has 5 nitrogen and oxygen atoms in total. The lowest BCUT2D eigenvalue weighted by Gasteiger charge is -2.17. The van der Waals surface area contributed by atoms with Gasteiger partial charge in [0.25, 0.3) is 5.91 Å². The lowest BCUT2D eigenvalue weighted by molar-refractivity contribution is -0.137. The zero-order valence-corrected chi connectivity index (χ0v) is 10.9. The first-order valence-electron chi connectivity index (χ1n) is 5.99. The van der Waals surface area contributed by atoms with Gasteiger partial charge in [0, 0.05) is 18.4 Å². The van der Waals surface area contributed by atoms with E-state index in [0.29, 0.717) is 18.7 Å². The molecule has 1 aromatic heterocycles. The molecule has 1 aliphatic rings. The lowest BCUT2D eigenvalue weighted by atomic mass is 10.2. The predicted octanol–water partition coefficient (Wildman–Crippen LogP) is 1.27. The number of nitrogens with zero attached hydrogens (tertiary/aromatic N) is 1. The van der Waals surface area contributed by atoms with Gasteiger partial charge in [-0.1, -0.05) is 0 Å². The minimum absolute atomic E-state index is 0.0964. The second-order valence-electron chi connectivity index (χ2n) is 4.80. The van der Waals surface area contributed by atoms with E-state index in [0.717, 1.165) is 5.69 Å². The van der Waals surface area contributed by atoms with Crippen LogP contribution >= 0.6 is 0 Å². The molecule has 0 saturated carbocycles. The molecule has 1 unspecified atom stereocenters. The zero-order valence-electron chi connectivity index (χ0n) is 10.9. The number of carbonyl (C=O) groups is 1. The second kappa shape index (κ2) is 5.04. The van der Waals surface area contributed by atoms with E-state index < -0.39 is 5.79 Å². The molecule has 0 bridgehead atoms. The number of aromatic nitrogens is 1. The predicted molar refractivity (Wildman–Crippen MR) is 66.2 cm³/mol. The summed E-state index contributed by atoms with van der Waals surface area (Å²) in [5.41, 5.74) is 1.31. The molecule has 1 fully saturated rings. The quantitative estimate of drug-likeness (QED) is 0.877. The fourth-order valence-corrected chi connectivity index (χ4v) is 1.89. The maximum atomic E-state index is 11.9. The third kappa shape index (κ3) is 3.05. The molecular weight excluding hydrogens is 232 g/mol. The Morgan fingerprint density at radius 3 is 3.00 bits per heavy atom. The smallest absolute Gasteiger partial charge is 0.253 e. The van der Waals surface area contributed by atoms with Crippen molar-refractivity contribution < 1.29 is 14.3 Å². The topological polar surface area (TPSA) is 60.5 Å². The van der Waals surface area contributed by atoms with Gasteiger partial charge in [0.2, 0.25) is 0 Å². The van der Waals surface area contributed by atoms with E-state index in [4.69, 9.17) is 9.47 Å². The third-order valence-electron chi connectivity index (χ3n) is 2.81. The van der Waals surface area contributed by atoms with Crippen LogP contribution in [0.2, 0.25) is 0 Å². The Bertz CT molecular complexity index is 446. The van der Waals surface area contributed by atoms with E-state index in [-0.39, 0.29) is 12.0 Å². The number of rotatable bonds is 3. The first-order valence-corrected chi connectivity index (χ1v) is 5.99. The third-order valence-corrected chi connectivity index (χ3v) is 2.81. The van der Waals surface area contributed by atoms with Crippen molar-refractivity contribution in [3.05, 3.63) is 29.6 Å². The summed E-state index contributed by atoms with van der Waals surface area (Å²) in [5.74, 6) is -0.687. The highest BCUT2D eigenvalue weighted by Crippen LogP contribution is 2.21. The molecule has 18 heavy (non-hydrogen) atoms. The van der Waals surface area contributed by atoms with Crippen LogP contribution in [0.3, 0.4) is 0 Å². The van der Waals surface area contributed by atoms with Gasteiger partial charge in [-0.15, -0.1) is 0 Å². The number of aryl methyl sites for hydroxylation is 1. The molecule has 1 atom stereocenters. The van der Waals surface area contributed by atoms with Crippen LogP contribution in [0.1, 0.15) is 29.9 Å². The number of nitrogens with one attached hydrogen (secondary N) is 1. The molecule has 0 radical (unpaired) electrons. The van der Waals surface area contributed by atoms with E-state index in [2.05, 4.69) is 10.3 Å². The summed E-state index contributed by atoms with van der Waals surface area (Å²) in [4.78, 5) is 16.0. The Morgan fingerprint density at radius 1 is 1.61 bits per heavy atom. The summed E-state index contributed by atoms with van der Waals surface area (Å²) < 4.78 is 11.0. The van der Waals surface area contributed by atoms with Crippen molar-refractivity contribution in [3.8, 4) is 0 Å². The van der Waals surface area contributed by atoms with Gasteiger partial charge < -0.3 is 14.8 Å². The molecule has 0 spiro atoms. The summed E-state index contributed by atoms with van der Waals surface area (Å²) in [5, 5.41) is 2.84. The van der Waals surface area contributed by atoms with Gasteiger partial charge in [-0.2, -0.15) is 0 Å². The highest BCUT2D eigenvalue weighted by Gasteiger charge is 2.32. The van der Waals surface area contributed by atoms with Gasteiger partial charge in [-0.05, 0) is 32.9 Å². The van der Waals surface area contributed by atoms with Crippen LogP contribution in [0.15, 0.2) is 18.3 Å². The van der Waals surface area contributed by atoms with Gasteiger partial charge in [0.1, 0.15) is 6.10 Å². The van der Waals surface area contributed by atoms with E-state index in [1.807, 2.05) is 20.8 Å². The molecule has 2 heterocycles. The van der Waals surface area contributed by atoms with Crippen LogP contribution in [-0.4, -0.2) is 35.9 Å². The monoisotopic (exact) mass is 250 g/mol. The Kier molecular flexibility index (Phi) is 3.63. The van der Waals surface area contributed by atoms with E-state index in [9.17, 15) is 4.79 Å². The molecule has 98 valence electrons. The first kappa shape index (κ1) is 13.0. The Hall–Kier alpha value is -1.46. The molecule has 0 aromatic carbocycles. The fourth-order valence-electron chi connectivity index (χ4n) is 1.89. The molecular formula is C13H18N2O3. The summed E-state index contributed by atoms with van der Waals surface area (Å²) in [6.07, 6.45) is 1.57. The molecule has 1 aromatic rings. The van der Waals surface area contributed by atoms with Gasteiger partial charge in [-0.25, -0.2) is 0 Å². The highest BCUT2D eigenvalue weighted by atomic mass is 16.7. The van der Waals surface area contributed by atoms with Gasteiger partial charge in [-0.3, -0.25) is 9.78 Å². The summed E-state index contributed by atoms with van der Waals surface area (Å²) in [7, 11) is 0. The Morgan fingerprint density at radius 2 is 2.39 bits per heavy atom. The summed E-state index contributed by atoms with van der Waals surface area (Å²) in [6, 6.07) is 3.51. The fraction of sp³-hybridized carbons (Fsp3) is 0.538. The SMILES string of the molecule is Cc1ncccc1C(=O)NCC1COC(C)(C)O1. The van der Waals surface area contributed by atoms with E-state index in [1.54, 1.807) is 18.3 Å². The van der Waals surface area contributed by atoms with Crippen LogP contribution < -0.4 is 5.32 Å². The summed E-state index contributed by atoms with van der Waals surface area (Å²) in [6.45, 7) is 6.48. The molecule has 2 rings (SSSR count). The minimum atomic E-state index is -0.556. The van der Waals surface area contributed by atoms with Crippen molar-refractivity contribution in [2.24, 2.45) is 0 Å². The van der Waals surface area contributed by atoms with Gasteiger partial charge in [0.05, 0.1) is 12.2 Å². The van der Waals surface area contributed by atoms with Crippen molar-refractivity contribution >= 4 is 5.91 Å². The second-order valence-corrected chi connectivity index (χ2v) is 4.80. The first-order chi connectivity index (χ1) is 8.48. The van der Waals surface area contributed by atoms with Gasteiger partial charge in [0.15, 0.2) is 5.79 Å². The summed E-state index contributed by atoms with van der Waals surface area (Å²) >= 11 is 0. The number of hydrogen-bond donors (Lipinski definition) is 1. The lowest BCUT2D eigenvalue weighted by Crippen LogP contribution is -2.34. The van der Waals surface area contributed by atoms with Gasteiger partial charge >= 0.3 is 0 Å². The van der Waals surface area contributed by atoms with E-state index in [1.165, 1.54) is 0 Å². The number of hydrogen-bond acceptors (Lipinski definition) is 4. The molecule has 1 N–H and O–H groups in total. The molecule has 1 aliphatic heterocycles. The zero-order chi connectivity index (χ0) is 13.2. The van der Waals surface area contributed by atoms with Crippen LogP contribution in [-0.2, 0) is 9.47 Å². The van der Waals surface area contributed by atoms with Crippen molar-refractivity contribution in [2.75, 3.05) is 13.2 Å². The van der Waals surface area contributed by atoms with Crippen molar-refractivity contribution in [1.29, 1.82) is 0 Å². The van der Waals surface area contributed by atoms with E-state index >= 15 is 0 Å². The Balaban J connectivity index is 1.88. The average Bonchev–Trinajstić information content (AvgIpc) is 2.66.